The van der Waals surface area contributed by atoms with E-state index < -0.39 is 6.10 Å². The van der Waals surface area contributed by atoms with Gasteiger partial charge in [0.25, 0.3) is 0 Å². The first-order valence-corrected chi connectivity index (χ1v) is 38.5. The Labute approximate surface area is 520 Å². The number of unbranched alkanes of at least 4 members (excludes halogenated alkanes) is 62. The first-order valence-electron chi connectivity index (χ1n) is 38.5. The van der Waals surface area contributed by atoms with Gasteiger partial charge in [-0.15, -0.1) is 0 Å². The number of ether oxygens (including phenoxy) is 3. The topological polar surface area (TPSA) is 78.9 Å². The zero-order valence-electron chi connectivity index (χ0n) is 57.0. The van der Waals surface area contributed by atoms with Crippen molar-refractivity contribution >= 4 is 17.9 Å². The molecule has 0 fully saturated rings. The van der Waals surface area contributed by atoms with Crippen molar-refractivity contribution in [1.82, 2.24) is 0 Å². The normalized spacial score (nSPS) is 11.9. The summed E-state index contributed by atoms with van der Waals surface area (Å²) in [6.07, 6.45) is 87.4. The molecule has 494 valence electrons. The van der Waals surface area contributed by atoms with Crippen molar-refractivity contribution in [2.75, 3.05) is 13.2 Å². The molecule has 0 rings (SSSR count). The summed E-state index contributed by atoms with van der Waals surface area (Å²) in [7, 11) is 0. The molecule has 0 aliphatic heterocycles. The highest BCUT2D eigenvalue weighted by Crippen LogP contribution is 2.20. The third kappa shape index (κ3) is 71.1. The maximum atomic E-state index is 13.0. The molecule has 0 aliphatic rings. The molecule has 0 bridgehead atoms. The summed E-state index contributed by atoms with van der Waals surface area (Å²) in [6, 6.07) is 0. The van der Waals surface area contributed by atoms with Gasteiger partial charge < -0.3 is 14.2 Å². The van der Waals surface area contributed by atoms with Crippen LogP contribution in [0.1, 0.15) is 457 Å². The van der Waals surface area contributed by atoms with Crippen LogP contribution in [0.4, 0.5) is 0 Å². The molecule has 0 amide bonds. The van der Waals surface area contributed by atoms with Gasteiger partial charge in [0.2, 0.25) is 0 Å². The van der Waals surface area contributed by atoms with E-state index in [0.717, 1.165) is 57.8 Å². The van der Waals surface area contributed by atoms with E-state index in [9.17, 15) is 14.4 Å². The molecule has 0 radical (unpaired) electrons. The molecule has 0 aliphatic carbocycles. The molecule has 83 heavy (non-hydrogen) atoms. The number of rotatable bonds is 73. The Morgan fingerprint density at radius 3 is 0.482 bits per heavy atom. The minimum Gasteiger partial charge on any atom is -0.462 e. The van der Waals surface area contributed by atoms with Crippen LogP contribution in [0.15, 0.2) is 0 Å². The number of hydrogen-bond donors (Lipinski definition) is 0. The summed E-state index contributed by atoms with van der Waals surface area (Å²) in [5.41, 5.74) is 0. The molecule has 0 N–H and O–H groups in total. The average molecular weight is 1170 g/mol. The second-order valence-electron chi connectivity index (χ2n) is 26.6. The summed E-state index contributed by atoms with van der Waals surface area (Å²) >= 11 is 0. The maximum absolute atomic E-state index is 13.0. The number of hydrogen-bond acceptors (Lipinski definition) is 6. The van der Waals surface area contributed by atoms with Crippen LogP contribution in [-0.2, 0) is 28.6 Å². The Bertz CT molecular complexity index is 1250. The predicted octanol–water partition coefficient (Wildman–Crippen LogP) is 26.6. The molecular weight excluding hydrogens is 1020 g/mol. The minimum absolute atomic E-state index is 0.0601. The minimum atomic E-state index is -0.764. The third-order valence-corrected chi connectivity index (χ3v) is 18.1. The van der Waals surface area contributed by atoms with Crippen molar-refractivity contribution in [3.8, 4) is 0 Å². The van der Waals surface area contributed by atoms with Gasteiger partial charge in [0.15, 0.2) is 6.10 Å². The zero-order valence-corrected chi connectivity index (χ0v) is 57.0. The van der Waals surface area contributed by atoms with Gasteiger partial charge in [0.1, 0.15) is 13.2 Å². The first kappa shape index (κ1) is 81.4. The molecule has 0 aromatic rings. The van der Waals surface area contributed by atoms with E-state index in [1.54, 1.807) is 0 Å². The van der Waals surface area contributed by atoms with Crippen molar-refractivity contribution in [3.63, 3.8) is 0 Å². The fourth-order valence-electron chi connectivity index (χ4n) is 12.3. The van der Waals surface area contributed by atoms with Gasteiger partial charge in [-0.05, 0) is 19.3 Å². The van der Waals surface area contributed by atoms with Crippen LogP contribution in [0.2, 0.25) is 0 Å². The van der Waals surface area contributed by atoms with E-state index in [4.69, 9.17) is 14.2 Å². The van der Waals surface area contributed by atoms with Gasteiger partial charge in [0.05, 0.1) is 0 Å². The van der Waals surface area contributed by atoms with E-state index >= 15 is 0 Å². The highest BCUT2D eigenvalue weighted by Gasteiger charge is 2.20. The summed E-state index contributed by atoms with van der Waals surface area (Å²) in [4.78, 5) is 38.5. The fourth-order valence-corrected chi connectivity index (χ4v) is 12.3. The van der Waals surface area contributed by atoms with Crippen molar-refractivity contribution in [3.05, 3.63) is 0 Å². The number of esters is 3. The molecule has 0 aromatic heterocycles. The van der Waals surface area contributed by atoms with Crippen LogP contribution < -0.4 is 0 Å². The van der Waals surface area contributed by atoms with Gasteiger partial charge in [-0.25, -0.2) is 0 Å². The standard InChI is InChI=1S/C77H150O6/c1-4-7-10-13-16-19-22-25-27-29-31-33-35-36-37-38-39-40-41-42-43-45-46-48-50-52-55-58-61-64-67-70-76(79)82-73-74(72-81-75(78)69-66-63-60-57-54-24-21-18-15-12-9-6-3)83-77(80)71-68-65-62-59-56-53-51-49-47-44-34-32-30-28-26-23-20-17-14-11-8-5-2/h74H,4-73H2,1-3H3. The molecule has 0 saturated heterocycles. The zero-order chi connectivity index (χ0) is 59.9. The summed E-state index contributed by atoms with van der Waals surface area (Å²) in [5, 5.41) is 0. The SMILES string of the molecule is CCCCCCCCCCCCCCCCCCCCCCCCCCCCCCCCCC(=O)OCC(COC(=O)CCCCCCCCCCCCCC)OC(=O)CCCCCCCCCCCCCCCCCCCCCCCC. The molecule has 1 atom stereocenters. The van der Waals surface area contributed by atoms with Gasteiger partial charge in [0, 0.05) is 19.3 Å². The van der Waals surface area contributed by atoms with E-state index in [1.165, 1.54) is 360 Å². The molecule has 0 saturated carbocycles. The Hall–Kier alpha value is -1.59. The molecule has 0 aromatic carbocycles. The largest absolute Gasteiger partial charge is 0.462 e. The van der Waals surface area contributed by atoms with E-state index in [1.807, 2.05) is 0 Å². The second kappa shape index (κ2) is 72.9. The maximum Gasteiger partial charge on any atom is 0.306 e. The lowest BCUT2D eigenvalue weighted by molar-refractivity contribution is -0.167. The highest BCUT2D eigenvalue weighted by atomic mass is 16.6. The molecule has 0 spiro atoms. The smallest absolute Gasteiger partial charge is 0.306 e. The Morgan fingerprint density at radius 1 is 0.193 bits per heavy atom. The average Bonchev–Trinajstić information content (AvgIpc) is 3.49. The van der Waals surface area contributed by atoms with Crippen LogP contribution in [0.25, 0.3) is 0 Å². The van der Waals surface area contributed by atoms with Crippen molar-refractivity contribution in [2.24, 2.45) is 0 Å². The first-order chi connectivity index (χ1) is 41.0. The number of carbonyl (C=O) groups excluding carboxylic acids is 3. The third-order valence-electron chi connectivity index (χ3n) is 18.1. The van der Waals surface area contributed by atoms with Crippen molar-refractivity contribution in [1.29, 1.82) is 0 Å². The van der Waals surface area contributed by atoms with Gasteiger partial charge >= 0.3 is 17.9 Å². The highest BCUT2D eigenvalue weighted by molar-refractivity contribution is 5.71. The summed E-state index contributed by atoms with van der Waals surface area (Å²) < 4.78 is 17.0. The summed E-state index contributed by atoms with van der Waals surface area (Å²) in [5.74, 6) is -0.818. The molecule has 6 nitrogen and oxygen atoms in total. The lowest BCUT2D eigenvalue weighted by Gasteiger charge is -2.18. The second-order valence-corrected chi connectivity index (χ2v) is 26.6. The monoisotopic (exact) mass is 1170 g/mol. The van der Waals surface area contributed by atoms with Crippen LogP contribution in [-0.4, -0.2) is 37.2 Å². The van der Waals surface area contributed by atoms with E-state index in [2.05, 4.69) is 20.8 Å². The lowest BCUT2D eigenvalue weighted by Crippen LogP contribution is -2.30. The molecular formula is C77H150O6. The van der Waals surface area contributed by atoms with Crippen molar-refractivity contribution < 1.29 is 28.6 Å². The Kier molecular flexibility index (Phi) is 71.5. The van der Waals surface area contributed by atoms with Crippen LogP contribution in [0.5, 0.6) is 0 Å². The van der Waals surface area contributed by atoms with Gasteiger partial charge in [-0.1, -0.05) is 419 Å². The summed E-state index contributed by atoms with van der Waals surface area (Å²) in [6.45, 7) is 6.75. The van der Waals surface area contributed by atoms with Crippen molar-refractivity contribution in [2.45, 2.75) is 463 Å². The Balaban J connectivity index is 4.09. The van der Waals surface area contributed by atoms with Gasteiger partial charge in [-0.3, -0.25) is 14.4 Å². The number of carbonyl (C=O) groups is 3. The van der Waals surface area contributed by atoms with Gasteiger partial charge in [-0.2, -0.15) is 0 Å². The lowest BCUT2D eigenvalue weighted by atomic mass is 10.0. The molecule has 1 unspecified atom stereocenters. The fraction of sp³-hybridized carbons (Fsp3) is 0.961. The quantitative estimate of drug-likeness (QED) is 0.0343. The van der Waals surface area contributed by atoms with E-state index in [0.29, 0.717) is 19.3 Å². The predicted molar refractivity (Wildman–Crippen MR) is 363 cm³/mol. The van der Waals surface area contributed by atoms with Crippen LogP contribution >= 0.6 is 0 Å². The van der Waals surface area contributed by atoms with E-state index in [-0.39, 0.29) is 31.1 Å². The molecule has 6 heteroatoms. The van der Waals surface area contributed by atoms with Crippen LogP contribution in [0.3, 0.4) is 0 Å². The Morgan fingerprint density at radius 2 is 0.325 bits per heavy atom. The van der Waals surface area contributed by atoms with Crippen LogP contribution in [0, 0.1) is 0 Å². The molecule has 0 heterocycles.